The Kier molecular flexibility index (Phi) is 3.47. The molecule has 1 atom stereocenters. The number of carbonyl (C=O) groups is 1. The number of nitrogens with one attached hydrogen (secondary N) is 2. The fourth-order valence-electron chi connectivity index (χ4n) is 1.79. The number of hydrogen-bond donors (Lipinski definition) is 2. The molecule has 6 heteroatoms. The second-order valence-corrected chi connectivity index (χ2v) is 5.58. The van der Waals surface area contributed by atoms with Crippen LogP contribution in [-0.2, 0) is 0 Å². The smallest absolute Gasteiger partial charge is 0.255 e. The SMILES string of the molecule is Cc1cnc(C(C)NC(=O)c2c(C)n[nH]c2C)s1. The van der Waals surface area contributed by atoms with Crippen LogP contribution in [0.25, 0.3) is 0 Å². The van der Waals surface area contributed by atoms with Crippen LogP contribution in [0.2, 0.25) is 0 Å². The van der Waals surface area contributed by atoms with Gasteiger partial charge in [0.25, 0.3) is 5.91 Å². The summed E-state index contributed by atoms with van der Waals surface area (Å²) in [6.07, 6.45) is 1.82. The van der Waals surface area contributed by atoms with E-state index in [-0.39, 0.29) is 11.9 Å². The van der Waals surface area contributed by atoms with Crippen molar-refractivity contribution in [3.05, 3.63) is 33.0 Å². The summed E-state index contributed by atoms with van der Waals surface area (Å²) >= 11 is 1.59. The number of nitrogens with zero attached hydrogens (tertiary/aromatic N) is 2. The molecular formula is C12H16N4OS. The average molecular weight is 264 g/mol. The Morgan fingerprint density at radius 2 is 2.17 bits per heavy atom. The zero-order valence-electron chi connectivity index (χ0n) is 10.9. The van der Waals surface area contributed by atoms with Gasteiger partial charge in [0.15, 0.2) is 0 Å². The average Bonchev–Trinajstić information content (AvgIpc) is 2.85. The van der Waals surface area contributed by atoms with E-state index in [0.717, 1.165) is 15.6 Å². The Morgan fingerprint density at radius 1 is 1.44 bits per heavy atom. The first kappa shape index (κ1) is 12.8. The number of thiazole rings is 1. The third-order valence-corrected chi connectivity index (χ3v) is 3.81. The van der Waals surface area contributed by atoms with Crippen LogP contribution < -0.4 is 5.32 Å². The van der Waals surface area contributed by atoms with Crippen molar-refractivity contribution in [3.8, 4) is 0 Å². The van der Waals surface area contributed by atoms with Gasteiger partial charge in [-0.05, 0) is 27.7 Å². The molecule has 18 heavy (non-hydrogen) atoms. The van der Waals surface area contributed by atoms with Crippen LogP contribution in [0, 0.1) is 20.8 Å². The Bertz CT molecular complexity index is 553. The fourth-order valence-corrected chi connectivity index (χ4v) is 2.56. The van der Waals surface area contributed by atoms with Crippen molar-refractivity contribution < 1.29 is 4.79 Å². The lowest BCUT2D eigenvalue weighted by atomic mass is 10.2. The summed E-state index contributed by atoms with van der Waals surface area (Å²) in [4.78, 5) is 17.6. The van der Waals surface area contributed by atoms with E-state index in [1.807, 2.05) is 33.9 Å². The molecule has 0 spiro atoms. The Morgan fingerprint density at radius 3 is 2.67 bits per heavy atom. The normalized spacial score (nSPS) is 12.4. The highest BCUT2D eigenvalue weighted by Gasteiger charge is 2.18. The van der Waals surface area contributed by atoms with E-state index in [0.29, 0.717) is 11.3 Å². The number of amides is 1. The third-order valence-electron chi connectivity index (χ3n) is 2.71. The van der Waals surface area contributed by atoms with Crippen molar-refractivity contribution >= 4 is 17.2 Å². The number of rotatable bonds is 3. The van der Waals surface area contributed by atoms with Gasteiger partial charge in [-0.25, -0.2) is 4.98 Å². The lowest BCUT2D eigenvalue weighted by Gasteiger charge is -2.11. The van der Waals surface area contributed by atoms with Crippen LogP contribution in [0.3, 0.4) is 0 Å². The fraction of sp³-hybridized carbons (Fsp3) is 0.417. The van der Waals surface area contributed by atoms with E-state index in [4.69, 9.17) is 0 Å². The molecule has 0 aliphatic rings. The molecule has 0 aliphatic carbocycles. The molecule has 2 heterocycles. The predicted molar refractivity (Wildman–Crippen MR) is 70.8 cm³/mol. The van der Waals surface area contributed by atoms with Gasteiger partial charge >= 0.3 is 0 Å². The largest absolute Gasteiger partial charge is 0.343 e. The van der Waals surface area contributed by atoms with Crippen LogP contribution in [0.4, 0.5) is 0 Å². The van der Waals surface area contributed by atoms with Gasteiger partial charge in [-0.2, -0.15) is 5.10 Å². The Hall–Kier alpha value is -1.69. The summed E-state index contributed by atoms with van der Waals surface area (Å²) in [6, 6.07) is -0.0927. The van der Waals surface area contributed by atoms with Crippen molar-refractivity contribution in [1.29, 1.82) is 0 Å². The molecule has 5 nitrogen and oxygen atoms in total. The molecule has 2 rings (SSSR count). The molecule has 96 valence electrons. The molecule has 0 aromatic carbocycles. The molecule has 2 aromatic rings. The minimum atomic E-state index is -0.112. The number of aromatic nitrogens is 3. The molecule has 1 unspecified atom stereocenters. The van der Waals surface area contributed by atoms with Crippen LogP contribution in [-0.4, -0.2) is 21.1 Å². The monoisotopic (exact) mass is 264 g/mol. The lowest BCUT2D eigenvalue weighted by molar-refractivity contribution is 0.0938. The minimum absolute atomic E-state index is 0.0927. The Labute approximate surface area is 110 Å². The van der Waals surface area contributed by atoms with Gasteiger partial charge in [0.2, 0.25) is 0 Å². The van der Waals surface area contributed by atoms with E-state index in [2.05, 4.69) is 20.5 Å². The Balaban J connectivity index is 2.13. The summed E-state index contributed by atoms with van der Waals surface area (Å²) in [6.45, 7) is 7.59. The van der Waals surface area contributed by atoms with Crippen LogP contribution >= 0.6 is 11.3 Å². The van der Waals surface area contributed by atoms with E-state index < -0.39 is 0 Å². The predicted octanol–water partition coefficient (Wildman–Crippen LogP) is 2.28. The number of H-pyrrole nitrogens is 1. The molecule has 0 saturated heterocycles. The zero-order valence-corrected chi connectivity index (χ0v) is 11.7. The first-order chi connectivity index (χ1) is 8.49. The number of carbonyl (C=O) groups excluding carboxylic acids is 1. The maximum Gasteiger partial charge on any atom is 0.255 e. The summed E-state index contributed by atoms with van der Waals surface area (Å²) in [5, 5.41) is 10.7. The molecule has 2 N–H and O–H groups in total. The highest BCUT2D eigenvalue weighted by molar-refractivity contribution is 7.11. The molecule has 0 aliphatic heterocycles. The van der Waals surface area contributed by atoms with E-state index in [9.17, 15) is 4.79 Å². The highest BCUT2D eigenvalue weighted by atomic mass is 32.1. The van der Waals surface area contributed by atoms with Crippen LogP contribution in [0.5, 0.6) is 0 Å². The molecular weight excluding hydrogens is 248 g/mol. The molecule has 0 bridgehead atoms. The number of hydrogen-bond acceptors (Lipinski definition) is 4. The van der Waals surface area contributed by atoms with Gasteiger partial charge in [0.05, 0.1) is 17.3 Å². The van der Waals surface area contributed by atoms with Crippen molar-refractivity contribution in [1.82, 2.24) is 20.5 Å². The van der Waals surface area contributed by atoms with Crippen LogP contribution in [0.15, 0.2) is 6.20 Å². The van der Waals surface area contributed by atoms with Gasteiger partial charge in [-0.1, -0.05) is 0 Å². The molecule has 0 fully saturated rings. The quantitative estimate of drug-likeness (QED) is 0.893. The topological polar surface area (TPSA) is 70.7 Å². The van der Waals surface area contributed by atoms with Crippen molar-refractivity contribution in [2.24, 2.45) is 0 Å². The van der Waals surface area contributed by atoms with E-state index >= 15 is 0 Å². The molecule has 0 radical (unpaired) electrons. The zero-order chi connectivity index (χ0) is 13.3. The number of aryl methyl sites for hydroxylation is 3. The summed E-state index contributed by atoms with van der Waals surface area (Å²) in [7, 11) is 0. The highest BCUT2D eigenvalue weighted by Crippen LogP contribution is 2.20. The standard InChI is InChI=1S/C12H16N4OS/c1-6-5-13-12(18-6)9(4)14-11(17)10-7(2)15-16-8(10)3/h5,9H,1-4H3,(H,14,17)(H,15,16). The van der Waals surface area contributed by atoms with E-state index in [1.54, 1.807) is 11.3 Å². The van der Waals surface area contributed by atoms with Gasteiger partial charge in [-0.15, -0.1) is 11.3 Å². The van der Waals surface area contributed by atoms with Crippen molar-refractivity contribution in [2.45, 2.75) is 33.7 Å². The summed E-state index contributed by atoms with van der Waals surface area (Å²) < 4.78 is 0. The molecule has 1 amide bonds. The minimum Gasteiger partial charge on any atom is -0.343 e. The maximum atomic E-state index is 12.1. The number of aromatic amines is 1. The lowest BCUT2D eigenvalue weighted by Crippen LogP contribution is -2.27. The van der Waals surface area contributed by atoms with Gasteiger partial charge in [-0.3, -0.25) is 9.89 Å². The second-order valence-electron chi connectivity index (χ2n) is 4.31. The summed E-state index contributed by atoms with van der Waals surface area (Å²) in [5.41, 5.74) is 2.12. The second kappa shape index (κ2) is 4.89. The van der Waals surface area contributed by atoms with Crippen LogP contribution in [0.1, 0.15) is 44.6 Å². The van der Waals surface area contributed by atoms with Gasteiger partial charge in [0, 0.05) is 16.8 Å². The van der Waals surface area contributed by atoms with Crippen molar-refractivity contribution in [2.75, 3.05) is 0 Å². The first-order valence-electron chi connectivity index (χ1n) is 5.73. The van der Waals surface area contributed by atoms with Gasteiger partial charge < -0.3 is 5.32 Å². The first-order valence-corrected chi connectivity index (χ1v) is 6.55. The van der Waals surface area contributed by atoms with Crippen molar-refractivity contribution in [3.63, 3.8) is 0 Å². The van der Waals surface area contributed by atoms with Gasteiger partial charge in [0.1, 0.15) is 5.01 Å². The van der Waals surface area contributed by atoms with E-state index in [1.165, 1.54) is 0 Å². The molecule has 2 aromatic heterocycles. The molecule has 0 saturated carbocycles. The third kappa shape index (κ3) is 2.43. The maximum absolute atomic E-state index is 12.1. The summed E-state index contributed by atoms with van der Waals surface area (Å²) in [5.74, 6) is -0.112.